The lowest BCUT2D eigenvalue weighted by Crippen LogP contribution is -2.45. The quantitative estimate of drug-likeness (QED) is 0.623. The van der Waals surface area contributed by atoms with Crippen LogP contribution in [0.5, 0.6) is 0 Å². The average molecular weight is 423 g/mol. The number of benzene rings is 3. The maximum atomic E-state index is 13.1. The smallest absolute Gasteiger partial charge is 0.248 e. The van der Waals surface area contributed by atoms with Crippen molar-refractivity contribution < 1.29 is 13.2 Å². The SMILES string of the molecule is Cc1cc(C)cc(N([C@@H](C)C(=O)Nc2ccccc2-c2ccccc2)S(C)(=O)=O)c1. The number of sulfonamides is 1. The van der Waals surface area contributed by atoms with Crippen molar-refractivity contribution in [2.24, 2.45) is 0 Å². The molecule has 6 heteroatoms. The normalized spacial score (nSPS) is 12.3. The number of carbonyl (C=O) groups is 1. The van der Waals surface area contributed by atoms with Gasteiger partial charge in [-0.2, -0.15) is 0 Å². The molecule has 5 nitrogen and oxygen atoms in total. The van der Waals surface area contributed by atoms with Crippen molar-refractivity contribution >= 4 is 27.3 Å². The monoisotopic (exact) mass is 422 g/mol. The molecule has 0 bridgehead atoms. The van der Waals surface area contributed by atoms with Gasteiger partial charge in [0.15, 0.2) is 0 Å². The Morgan fingerprint density at radius 3 is 2.07 bits per heavy atom. The van der Waals surface area contributed by atoms with Gasteiger partial charge in [-0.25, -0.2) is 8.42 Å². The van der Waals surface area contributed by atoms with Crippen LogP contribution in [0.2, 0.25) is 0 Å². The summed E-state index contributed by atoms with van der Waals surface area (Å²) < 4.78 is 26.3. The summed E-state index contributed by atoms with van der Waals surface area (Å²) in [7, 11) is -3.68. The van der Waals surface area contributed by atoms with E-state index in [1.807, 2.05) is 74.5 Å². The zero-order chi connectivity index (χ0) is 21.9. The lowest BCUT2D eigenvalue weighted by atomic mass is 10.0. The first-order valence-electron chi connectivity index (χ1n) is 9.70. The molecular weight excluding hydrogens is 396 g/mol. The number of rotatable bonds is 6. The minimum absolute atomic E-state index is 0.400. The zero-order valence-corrected chi connectivity index (χ0v) is 18.4. The van der Waals surface area contributed by atoms with Crippen molar-refractivity contribution in [3.8, 4) is 11.1 Å². The van der Waals surface area contributed by atoms with Crippen LogP contribution in [-0.4, -0.2) is 26.6 Å². The predicted molar refractivity (Wildman–Crippen MR) is 123 cm³/mol. The van der Waals surface area contributed by atoms with Gasteiger partial charge in [-0.3, -0.25) is 9.10 Å². The number of nitrogens with one attached hydrogen (secondary N) is 1. The number of carbonyl (C=O) groups excluding carboxylic acids is 1. The van der Waals surface area contributed by atoms with E-state index in [2.05, 4.69) is 5.32 Å². The minimum Gasteiger partial charge on any atom is -0.324 e. The first-order valence-corrected chi connectivity index (χ1v) is 11.5. The molecule has 0 radical (unpaired) electrons. The Bertz CT molecular complexity index is 1140. The maximum absolute atomic E-state index is 13.1. The van der Waals surface area contributed by atoms with Gasteiger partial charge in [0.1, 0.15) is 6.04 Å². The Labute approximate surface area is 178 Å². The van der Waals surface area contributed by atoms with Crippen LogP contribution < -0.4 is 9.62 Å². The van der Waals surface area contributed by atoms with Crippen molar-refractivity contribution in [1.29, 1.82) is 0 Å². The van der Waals surface area contributed by atoms with Crippen LogP contribution in [0.15, 0.2) is 72.8 Å². The van der Waals surface area contributed by atoms with Crippen LogP contribution >= 0.6 is 0 Å². The number of amides is 1. The fourth-order valence-corrected chi connectivity index (χ4v) is 4.74. The highest BCUT2D eigenvalue weighted by molar-refractivity contribution is 7.92. The molecule has 0 aliphatic rings. The molecule has 0 aliphatic carbocycles. The Balaban J connectivity index is 1.95. The fourth-order valence-electron chi connectivity index (χ4n) is 3.59. The number of aryl methyl sites for hydroxylation is 2. The van der Waals surface area contributed by atoms with Gasteiger partial charge in [-0.05, 0) is 55.7 Å². The van der Waals surface area contributed by atoms with E-state index in [1.165, 1.54) is 4.31 Å². The van der Waals surface area contributed by atoms with E-state index in [-0.39, 0.29) is 0 Å². The molecule has 3 aromatic rings. The molecule has 156 valence electrons. The van der Waals surface area contributed by atoms with E-state index in [4.69, 9.17) is 0 Å². The Hall–Kier alpha value is -3.12. The van der Waals surface area contributed by atoms with Crippen molar-refractivity contribution in [2.45, 2.75) is 26.8 Å². The molecule has 1 amide bonds. The fraction of sp³-hybridized carbons (Fsp3) is 0.208. The number of para-hydroxylation sites is 1. The molecule has 0 spiro atoms. The van der Waals surface area contributed by atoms with Crippen molar-refractivity contribution in [3.63, 3.8) is 0 Å². The van der Waals surface area contributed by atoms with E-state index < -0.39 is 22.0 Å². The van der Waals surface area contributed by atoms with E-state index >= 15 is 0 Å². The molecule has 0 heterocycles. The van der Waals surface area contributed by atoms with Crippen LogP contribution in [0.3, 0.4) is 0 Å². The Kier molecular flexibility index (Phi) is 6.27. The topological polar surface area (TPSA) is 66.5 Å². The summed E-state index contributed by atoms with van der Waals surface area (Å²) in [4.78, 5) is 13.1. The van der Waals surface area contributed by atoms with Gasteiger partial charge >= 0.3 is 0 Å². The van der Waals surface area contributed by atoms with Crippen LogP contribution in [0.25, 0.3) is 11.1 Å². The number of hydrogen-bond acceptors (Lipinski definition) is 3. The van der Waals surface area contributed by atoms with Crippen LogP contribution in [-0.2, 0) is 14.8 Å². The van der Waals surface area contributed by atoms with Gasteiger partial charge in [0, 0.05) is 11.3 Å². The molecule has 30 heavy (non-hydrogen) atoms. The molecule has 0 aromatic heterocycles. The Morgan fingerprint density at radius 1 is 0.900 bits per heavy atom. The summed E-state index contributed by atoms with van der Waals surface area (Å²) in [6.45, 7) is 5.40. The lowest BCUT2D eigenvalue weighted by molar-refractivity contribution is -0.116. The van der Waals surface area contributed by atoms with E-state index in [9.17, 15) is 13.2 Å². The predicted octanol–water partition coefficient (Wildman–Crippen LogP) is 4.76. The summed E-state index contributed by atoms with van der Waals surface area (Å²) in [5.74, 6) is -0.400. The molecule has 0 fully saturated rings. The Morgan fingerprint density at radius 2 is 1.47 bits per heavy atom. The molecule has 0 saturated carbocycles. The van der Waals surface area contributed by atoms with Crippen LogP contribution in [0.4, 0.5) is 11.4 Å². The number of hydrogen-bond donors (Lipinski definition) is 1. The van der Waals surface area contributed by atoms with Crippen molar-refractivity contribution in [1.82, 2.24) is 0 Å². The first kappa shape index (κ1) is 21.6. The third-order valence-electron chi connectivity index (χ3n) is 4.82. The first-order chi connectivity index (χ1) is 14.2. The van der Waals surface area contributed by atoms with Gasteiger partial charge in [0.2, 0.25) is 15.9 Å². The third kappa shape index (κ3) is 4.89. The van der Waals surface area contributed by atoms with E-state index in [1.54, 1.807) is 19.1 Å². The summed E-state index contributed by atoms with van der Waals surface area (Å²) in [5.41, 5.74) is 4.82. The van der Waals surface area contributed by atoms with Crippen molar-refractivity contribution in [2.75, 3.05) is 15.9 Å². The average Bonchev–Trinajstić information content (AvgIpc) is 2.67. The van der Waals surface area contributed by atoms with Crippen LogP contribution in [0.1, 0.15) is 18.1 Å². The molecule has 1 N–H and O–H groups in total. The highest BCUT2D eigenvalue weighted by Gasteiger charge is 2.29. The number of nitrogens with zero attached hydrogens (tertiary/aromatic N) is 1. The van der Waals surface area contributed by atoms with Crippen LogP contribution in [0, 0.1) is 13.8 Å². The second-order valence-corrected chi connectivity index (χ2v) is 9.34. The van der Waals surface area contributed by atoms with Gasteiger partial charge in [-0.1, -0.05) is 54.6 Å². The molecule has 0 aliphatic heterocycles. The second-order valence-electron chi connectivity index (χ2n) is 7.48. The molecule has 0 unspecified atom stereocenters. The van der Waals surface area contributed by atoms with Crippen molar-refractivity contribution in [3.05, 3.63) is 83.9 Å². The summed E-state index contributed by atoms with van der Waals surface area (Å²) in [5, 5.41) is 2.92. The highest BCUT2D eigenvalue weighted by atomic mass is 32.2. The zero-order valence-electron chi connectivity index (χ0n) is 17.6. The van der Waals surface area contributed by atoms with Gasteiger partial charge in [0.05, 0.1) is 11.9 Å². The third-order valence-corrected chi connectivity index (χ3v) is 6.06. The molecule has 1 atom stereocenters. The minimum atomic E-state index is -3.68. The molecular formula is C24H26N2O3S. The maximum Gasteiger partial charge on any atom is 0.248 e. The van der Waals surface area contributed by atoms with E-state index in [0.717, 1.165) is 28.5 Å². The van der Waals surface area contributed by atoms with Gasteiger partial charge in [-0.15, -0.1) is 0 Å². The summed E-state index contributed by atoms with van der Waals surface area (Å²) in [6, 6.07) is 21.8. The second kappa shape index (κ2) is 8.71. The summed E-state index contributed by atoms with van der Waals surface area (Å²) >= 11 is 0. The molecule has 3 aromatic carbocycles. The molecule has 0 saturated heterocycles. The lowest BCUT2D eigenvalue weighted by Gasteiger charge is -2.29. The van der Waals surface area contributed by atoms with Gasteiger partial charge in [0.25, 0.3) is 0 Å². The largest absolute Gasteiger partial charge is 0.324 e. The standard InChI is InChI=1S/C24H26N2O3S/c1-17-14-18(2)16-21(15-17)26(30(4,28)29)19(3)24(27)25-23-13-9-8-12-22(23)20-10-6-5-7-11-20/h5-16,19H,1-4H3,(H,25,27)/t19-/m0/s1. The number of anilines is 2. The van der Waals surface area contributed by atoms with Gasteiger partial charge < -0.3 is 5.32 Å². The molecule has 3 rings (SSSR count). The van der Waals surface area contributed by atoms with E-state index in [0.29, 0.717) is 11.4 Å². The summed E-state index contributed by atoms with van der Waals surface area (Å²) in [6.07, 6.45) is 1.12. The highest BCUT2D eigenvalue weighted by Crippen LogP contribution is 2.29.